The number of hydrogen-bond acceptors (Lipinski definition) is 22. The molecule has 8 heterocycles. The highest BCUT2D eigenvalue weighted by atomic mass is 32.2. The van der Waals surface area contributed by atoms with Crippen LogP contribution in [0.2, 0.25) is 0 Å². The number of carbonyl (C=O) groups is 10. The molecule has 7 aliphatic heterocycles. The summed E-state index contributed by atoms with van der Waals surface area (Å²) in [6, 6.07) is -1.68. The number of nitrogens with one attached hydrogen (secondary N) is 12. The van der Waals surface area contributed by atoms with Crippen LogP contribution >= 0.6 is 23.5 Å². The maximum atomic E-state index is 14.0. The Morgan fingerprint density at radius 2 is 0.931 bits per heavy atom. The molecular weight excluding hydrogens is 1370 g/mol. The molecule has 101 heavy (non-hydrogen) atoms. The Bertz CT molecular complexity index is 3100. The fraction of sp³-hybridized carbons (Fsp3) is 0.773. The number of aromatic nitrogens is 3. The number of carboxylic acid groups (broad SMARTS) is 1. The van der Waals surface area contributed by atoms with Crippen LogP contribution in [0.25, 0.3) is 0 Å². The highest BCUT2D eigenvalue weighted by molar-refractivity contribution is 8.00. The minimum Gasteiger partial charge on any atom is -0.481 e. The molecule has 32 nitrogen and oxygen atoms in total. The van der Waals surface area contributed by atoms with Gasteiger partial charge in [0.05, 0.1) is 41.7 Å². The van der Waals surface area contributed by atoms with E-state index in [-0.39, 0.29) is 98.9 Å². The molecule has 0 bridgehead atoms. The third-order valence-electron chi connectivity index (χ3n) is 19.7. The topological polar surface area (TPSA) is 438 Å². The maximum absolute atomic E-state index is 14.0. The number of thioether (sulfide) groups is 2. The summed E-state index contributed by atoms with van der Waals surface area (Å²) in [6.45, 7) is 9.35. The van der Waals surface area contributed by atoms with E-state index in [4.69, 9.17) is 19.5 Å². The lowest BCUT2D eigenvalue weighted by atomic mass is 9.97. The van der Waals surface area contributed by atoms with Crippen LogP contribution < -0.4 is 78.5 Å². The smallest absolute Gasteiger partial charge is 0.315 e. The highest BCUT2D eigenvalue weighted by Gasteiger charge is 2.43. The quantitative estimate of drug-likeness (QED) is 0.0248. The van der Waals surface area contributed by atoms with Gasteiger partial charge in [0, 0.05) is 138 Å². The van der Waals surface area contributed by atoms with Crippen molar-refractivity contribution in [2.24, 2.45) is 5.92 Å². The Hall–Kier alpha value is -7.14. The summed E-state index contributed by atoms with van der Waals surface area (Å²) in [5.74, 6) is -0.480. The molecule has 8 rings (SSSR count). The first-order valence-corrected chi connectivity index (χ1v) is 40.2. The van der Waals surface area contributed by atoms with Gasteiger partial charge in [-0.3, -0.25) is 47.7 Å². The van der Waals surface area contributed by atoms with E-state index in [9.17, 15) is 61.5 Å². The first-order chi connectivity index (χ1) is 48.6. The number of hydrogen-bond donors (Lipinski definition) is 14. The summed E-state index contributed by atoms with van der Waals surface area (Å²) >= 11 is 3.81. The lowest BCUT2D eigenvalue weighted by Gasteiger charge is -2.36. The van der Waals surface area contributed by atoms with Crippen molar-refractivity contribution in [2.75, 3.05) is 97.4 Å². The van der Waals surface area contributed by atoms with E-state index >= 15 is 0 Å². The molecule has 35 heteroatoms. The van der Waals surface area contributed by atoms with E-state index in [0.717, 1.165) is 55.9 Å². The maximum Gasteiger partial charge on any atom is 0.315 e. The van der Waals surface area contributed by atoms with Gasteiger partial charge in [0.25, 0.3) is 10.1 Å². The predicted octanol–water partition coefficient (Wildman–Crippen LogP) is 1.17. The number of nitrogens with zero attached hydrogens (tertiary/aromatic N) is 6. The van der Waals surface area contributed by atoms with Gasteiger partial charge in [-0.2, -0.15) is 46.9 Å². The first-order valence-electron chi connectivity index (χ1n) is 36.5. The molecule has 564 valence electrons. The van der Waals surface area contributed by atoms with Gasteiger partial charge in [-0.15, -0.1) is 0 Å². The van der Waals surface area contributed by atoms with Crippen LogP contribution in [-0.2, 0) is 53.3 Å². The van der Waals surface area contributed by atoms with Gasteiger partial charge in [-0.1, -0.05) is 32.3 Å². The summed E-state index contributed by atoms with van der Waals surface area (Å²) < 4.78 is 31.7. The van der Waals surface area contributed by atoms with E-state index in [1.807, 2.05) is 38.2 Å². The lowest BCUT2D eigenvalue weighted by molar-refractivity contribution is -0.142. The Labute approximate surface area is 601 Å². The molecule has 10 amide bonds. The Morgan fingerprint density at radius 1 is 0.525 bits per heavy atom. The number of carbonyl (C=O) groups excluding carboxylic acids is 9. The molecule has 14 N–H and O–H groups in total. The van der Waals surface area contributed by atoms with E-state index in [1.165, 1.54) is 0 Å². The molecule has 1 aromatic heterocycles. The zero-order valence-electron chi connectivity index (χ0n) is 58.3. The molecule has 0 aromatic carbocycles. The lowest BCUT2D eigenvalue weighted by Crippen LogP contribution is -2.53. The number of piperidine rings is 3. The second-order valence-electron chi connectivity index (χ2n) is 27.5. The molecule has 0 radical (unpaired) electrons. The molecule has 0 spiro atoms. The number of unbranched alkanes of at least 4 members (excludes halogenated alkanes) is 6. The van der Waals surface area contributed by atoms with Crippen molar-refractivity contribution in [3.63, 3.8) is 0 Å². The van der Waals surface area contributed by atoms with E-state index in [2.05, 4.69) is 70.4 Å². The highest BCUT2D eigenvalue weighted by Crippen LogP contribution is 2.35. The number of rotatable bonds is 42. The third-order valence-corrected chi connectivity index (χ3v) is 23.4. The van der Waals surface area contributed by atoms with Crippen molar-refractivity contribution in [2.45, 2.75) is 233 Å². The van der Waals surface area contributed by atoms with Crippen molar-refractivity contribution < 1.29 is 66.0 Å². The van der Waals surface area contributed by atoms with E-state index in [1.54, 1.807) is 6.92 Å². The summed E-state index contributed by atoms with van der Waals surface area (Å²) in [6.07, 6.45) is 12.7. The van der Waals surface area contributed by atoms with Gasteiger partial charge in [-0.05, 0) is 110 Å². The van der Waals surface area contributed by atoms with Crippen molar-refractivity contribution in [3.05, 3.63) is 12.4 Å². The Morgan fingerprint density at radius 3 is 1.39 bits per heavy atom. The van der Waals surface area contributed by atoms with E-state index < -0.39 is 63.5 Å². The van der Waals surface area contributed by atoms with Crippen molar-refractivity contribution in [1.29, 1.82) is 0 Å². The summed E-state index contributed by atoms with van der Waals surface area (Å²) in [5, 5.41) is 46.4. The fourth-order valence-electron chi connectivity index (χ4n) is 13.9. The van der Waals surface area contributed by atoms with Crippen molar-refractivity contribution >= 4 is 111 Å². The second kappa shape index (κ2) is 40.6. The molecule has 1 aromatic rings. The van der Waals surface area contributed by atoms with Crippen LogP contribution in [0.4, 0.5) is 22.6 Å². The number of fused-ring (bicyclic) bond motifs is 2. The van der Waals surface area contributed by atoms with Crippen molar-refractivity contribution in [3.8, 4) is 0 Å². The number of aliphatic carboxylic acids is 1. The Kier molecular flexibility index (Phi) is 32.0. The van der Waals surface area contributed by atoms with Crippen LogP contribution in [0.3, 0.4) is 0 Å². The predicted molar refractivity (Wildman–Crippen MR) is 384 cm³/mol. The van der Waals surface area contributed by atoms with Gasteiger partial charge in [0.1, 0.15) is 12.1 Å². The SMILES string of the molecule is C=C1N[C@H]2CSC(CCCCC(=O)NCCCCCC(=O)NC(CCC(=O)NCCS(=O)(=O)O)C(=O)NC3CCN(c4nc(N5CCC(NC(=O)C(CCC(=O)NCC)NC(=O)CCCCCNC(=O)CCCC[C@H]6SC[C@H]7NC(=O)N[C@H]76)CC5)nc(N5CCC(C(=O)O)CC5)n4)CC3)[C@H]2N1. The van der Waals surface area contributed by atoms with E-state index in [0.29, 0.717) is 189 Å². The second-order valence-corrected chi connectivity index (χ2v) is 31.6. The van der Waals surface area contributed by atoms with Gasteiger partial charge in [-0.25, -0.2) is 4.79 Å². The zero-order valence-corrected chi connectivity index (χ0v) is 60.8. The minimum absolute atomic E-state index is 0.00729. The minimum atomic E-state index is -4.33. The van der Waals surface area contributed by atoms with Gasteiger partial charge in [0.15, 0.2) is 0 Å². The average molecular weight is 1470 g/mol. The number of carboxylic acids is 1. The summed E-state index contributed by atoms with van der Waals surface area (Å²) in [5.41, 5.74) is 0. The van der Waals surface area contributed by atoms with Gasteiger partial charge in [0.2, 0.25) is 65.1 Å². The standard InChI is InChI=1S/C66H108N18O14S3/c1-3-67-54(87)22-20-46(75-56(89)18-6-4-12-31-69-53(86)17-11-9-15-51-59-49(41-100-51)77-66(95)78-59)60(91)73-44-26-35-83(36-27-44)64-79-63(82-33-24-43(25-34-82)62(93)94)80-65(81-64)84-37-28-45(29-38-84)74-61(92)47(21-23-55(88)70-32-39-101(96,97)98)76-57(90)19-7-5-13-30-68-52(85)16-10-8-14-50-58-48(40-99-50)71-42(2)72-58/h43-51,58-59,71-72H,2-41H2,1H3,(H,67,87)(H,68,85)(H,69,86)(H,70,88)(H,73,91)(H,74,92)(H,75,89)(H,76,90)(H,93,94)(H2,77,78,95)(H,96,97,98)/t46?,47?,48-,49+,50?,51+,58-,59+/m0/s1. The molecule has 3 unspecified atom stereocenters. The van der Waals surface area contributed by atoms with Crippen LogP contribution in [0.5, 0.6) is 0 Å². The molecule has 0 aliphatic carbocycles. The molecule has 7 aliphatic rings. The summed E-state index contributed by atoms with van der Waals surface area (Å²) in [4.78, 5) is 150. The molecule has 8 atom stereocenters. The van der Waals surface area contributed by atoms with Crippen LogP contribution in [0, 0.1) is 5.92 Å². The van der Waals surface area contributed by atoms with Crippen LogP contribution in [-0.4, -0.2) is 234 Å². The third kappa shape index (κ3) is 26.9. The Balaban J connectivity index is 0.780. The fourth-order valence-corrected chi connectivity index (χ4v) is 17.4. The van der Waals surface area contributed by atoms with Gasteiger partial charge >= 0.3 is 12.0 Å². The average Bonchev–Trinajstić information content (AvgIpc) is 1.78. The van der Waals surface area contributed by atoms with Crippen molar-refractivity contribution in [1.82, 2.24) is 78.8 Å². The largest absolute Gasteiger partial charge is 0.481 e. The monoisotopic (exact) mass is 1470 g/mol. The van der Waals surface area contributed by atoms with Crippen LogP contribution in [0.1, 0.15) is 174 Å². The molecule has 0 saturated carbocycles. The number of anilines is 3. The zero-order chi connectivity index (χ0) is 72.3. The molecular formula is C66H108N18O14S3. The van der Waals surface area contributed by atoms with Gasteiger partial charge < -0.3 is 83.6 Å². The van der Waals surface area contributed by atoms with Crippen LogP contribution in [0.15, 0.2) is 12.4 Å². The summed E-state index contributed by atoms with van der Waals surface area (Å²) in [7, 11) is -4.33. The first kappa shape index (κ1) is 79.6. The molecule has 7 saturated heterocycles. The number of urea groups is 1. The molecule has 7 fully saturated rings. The normalized spacial score (nSPS) is 22.1. The number of amides is 10.